The minimum atomic E-state index is -0.330. The maximum Gasteiger partial charge on any atom is 0.262 e. The molecule has 1 aliphatic rings. The SMILES string of the molecule is COc1cc(/C=C(\C#N)C(=O)N[C@@H]2CCCC[C@H]2C)ccc1OCc1ccc(Cl)cc1. The largest absolute Gasteiger partial charge is 0.493 e. The first kappa shape index (κ1) is 22.7. The van der Waals surface area contributed by atoms with Gasteiger partial charge >= 0.3 is 0 Å². The minimum absolute atomic E-state index is 0.0784. The van der Waals surface area contributed by atoms with Gasteiger partial charge < -0.3 is 14.8 Å². The zero-order chi connectivity index (χ0) is 22.2. The van der Waals surface area contributed by atoms with Crippen LogP contribution in [-0.4, -0.2) is 19.1 Å². The monoisotopic (exact) mass is 438 g/mol. The minimum Gasteiger partial charge on any atom is -0.493 e. The Balaban J connectivity index is 1.70. The number of nitrogens with zero attached hydrogens (tertiary/aromatic N) is 1. The number of benzene rings is 2. The summed E-state index contributed by atoms with van der Waals surface area (Å²) in [5.74, 6) is 1.20. The van der Waals surface area contributed by atoms with Gasteiger partial charge in [-0.15, -0.1) is 0 Å². The average molecular weight is 439 g/mol. The second kappa shape index (κ2) is 10.9. The summed E-state index contributed by atoms with van der Waals surface area (Å²) in [6, 6.07) is 14.9. The zero-order valence-corrected chi connectivity index (χ0v) is 18.6. The Kier molecular flexibility index (Phi) is 7.97. The molecule has 1 aliphatic carbocycles. The van der Waals surface area contributed by atoms with Crippen LogP contribution in [0.3, 0.4) is 0 Å². The predicted octanol–water partition coefficient (Wildman–Crippen LogP) is 5.53. The van der Waals surface area contributed by atoms with Crippen molar-refractivity contribution in [1.82, 2.24) is 5.32 Å². The van der Waals surface area contributed by atoms with Crippen molar-refractivity contribution in [2.45, 2.75) is 45.3 Å². The predicted molar refractivity (Wildman–Crippen MR) is 122 cm³/mol. The van der Waals surface area contributed by atoms with Gasteiger partial charge in [0.15, 0.2) is 11.5 Å². The summed E-state index contributed by atoms with van der Waals surface area (Å²) >= 11 is 5.91. The highest BCUT2D eigenvalue weighted by molar-refractivity contribution is 6.30. The van der Waals surface area contributed by atoms with E-state index in [1.165, 1.54) is 6.42 Å². The van der Waals surface area contributed by atoms with Crippen LogP contribution in [-0.2, 0) is 11.4 Å². The highest BCUT2D eigenvalue weighted by Crippen LogP contribution is 2.30. The third-order valence-corrected chi connectivity index (χ3v) is 5.85. The van der Waals surface area contributed by atoms with Crippen LogP contribution in [0.1, 0.15) is 43.7 Å². The fraction of sp³-hybridized carbons (Fsp3) is 0.360. The highest BCUT2D eigenvalue weighted by atomic mass is 35.5. The van der Waals surface area contributed by atoms with Crippen molar-refractivity contribution in [3.05, 3.63) is 64.2 Å². The van der Waals surface area contributed by atoms with Crippen molar-refractivity contribution in [2.24, 2.45) is 5.92 Å². The van der Waals surface area contributed by atoms with Crippen LogP contribution >= 0.6 is 11.6 Å². The Bertz CT molecular complexity index is 979. The molecule has 31 heavy (non-hydrogen) atoms. The first-order valence-electron chi connectivity index (χ1n) is 10.5. The normalized spacial score (nSPS) is 18.7. The molecule has 6 heteroatoms. The Labute approximate surface area is 188 Å². The molecule has 1 saturated carbocycles. The lowest BCUT2D eigenvalue weighted by Crippen LogP contribution is -2.41. The first-order valence-corrected chi connectivity index (χ1v) is 10.9. The third-order valence-electron chi connectivity index (χ3n) is 5.60. The summed E-state index contributed by atoms with van der Waals surface area (Å²) in [5.41, 5.74) is 1.75. The van der Waals surface area contributed by atoms with E-state index in [4.69, 9.17) is 21.1 Å². The van der Waals surface area contributed by atoms with Gasteiger partial charge in [0.1, 0.15) is 18.2 Å². The second-order valence-corrected chi connectivity index (χ2v) is 8.27. The summed E-state index contributed by atoms with van der Waals surface area (Å²) in [4.78, 5) is 12.6. The van der Waals surface area contributed by atoms with E-state index in [1.54, 1.807) is 31.4 Å². The molecule has 3 rings (SSSR count). The zero-order valence-electron chi connectivity index (χ0n) is 17.9. The molecular weight excluding hydrogens is 412 g/mol. The van der Waals surface area contributed by atoms with Gasteiger partial charge in [0, 0.05) is 11.1 Å². The van der Waals surface area contributed by atoms with Crippen molar-refractivity contribution in [3.63, 3.8) is 0 Å². The number of ether oxygens (including phenoxy) is 2. The number of carbonyl (C=O) groups excluding carboxylic acids is 1. The lowest BCUT2D eigenvalue weighted by Gasteiger charge is -2.29. The molecule has 0 aliphatic heterocycles. The van der Waals surface area contributed by atoms with Crippen LogP contribution in [0.15, 0.2) is 48.0 Å². The Morgan fingerprint density at radius 1 is 1.19 bits per heavy atom. The van der Waals surface area contributed by atoms with Crippen molar-refractivity contribution in [3.8, 4) is 17.6 Å². The smallest absolute Gasteiger partial charge is 0.262 e. The Morgan fingerprint density at radius 3 is 2.61 bits per heavy atom. The van der Waals surface area contributed by atoms with Crippen LogP contribution in [0.4, 0.5) is 0 Å². The second-order valence-electron chi connectivity index (χ2n) is 7.84. The van der Waals surface area contributed by atoms with E-state index in [9.17, 15) is 10.1 Å². The standard InChI is InChI=1S/C25H27ClN2O3/c1-17-5-3-4-6-22(17)28-25(29)20(15-27)13-19-9-12-23(24(14-19)30-2)31-16-18-7-10-21(26)11-8-18/h7-14,17,22H,3-6,16H2,1-2H3,(H,28,29)/b20-13+/t17-,22-/m1/s1. The van der Waals surface area contributed by atoms with E-state index < -0.39 is 0 Å². The maximum absolute atomic E-state index is 12.6. The molecule has 0 spiro atoms. The summed E-state index contributed by atoms with van der Waals surface area (Å²) in [6.45, 7) is 2.52. The van der Waals surface area contributed by atoms with E-state index in [0.717, 1.165) is 24.8 Å². The molecule has 1 fully saturated rings. The van der Waals surface area contributed by atoms with E-state index in [2.05, 4.69) is 12.2 Å². The topological polar surface area (TPSA) is 71.3 Å². The van der Waals surface area contributed by atoms with Crippen LogP contribution in [0.5, 0.6) is 11.5 Å². The van der Waals surface area contributed by atoms with Gasteiger partial charge in [-0.3, -0.25) is 4.79 Å². The number of nitriles is 1. The molecule has 0 radical (unpaired) electrons. The number of hydrogen-bond donors (Lipinski definition) is 1. The van der Waals surface area contributed by atoms with Crippen molar-refractivity contribution in [1.29, 1.82) is 5.26 Å². The third kappa shape index (κ3) is 6.26. The molecule has 0 aromatic heterocycles. The molecule has 2 atom stereocenters. The number of amides is 1. The molecule has 0 unspecified atom stereocenters. The van der Waals surface area contributed by atoms with Crippen molar-refractivity contribution in [2.75, 3.05) is 7.11 Å². The van der Waals surface area contributed by atoms with E-state index >= 15 is 0 Å². The van der Waals surface area contributed by atoms with Gasteiger partial charge in [0.2, 0.25) is 0 Å². The van der Waals surface area contributed by atoms with E-state index in [1.807, 2.05) is 30.3 Å². The molecule has 2 aromatic rings. The van der Waals surface area contributed by atoms with Crippen LogP contribution in [0.2, 0.25) is 5.02 Å². The summed E-state index contributed by atoms with van der Waals surface area (Å²) in [6.07, 6.45) is 5.94. The average Bonchev–Trinajstić information content (AvgIpc) is 2.78. The van der Waals surface area contributed by atoms with E-state index in [0.29, 0.717) is 34.6 Å². The number of halogens is 1. The molecule has 0 heterocycles. The number of methoxy groups -OCH3 is 1. The molecule has 5 nitrogen and oxygen atoms in total. The quantitative estimate of drug-likeness (QED) is 0.455. The van der Waals surface area contributed by atoms with Crippen LogP contribution in [0, 0.1) is 17.2 Å². The fourth-order valence-corrected chi connectivity index (χ4v) is 3.85. The van der Waals surface area contributed by atoms with Crippen molar-refractivity contribution >= 4 is 23.6 Å². The van der Waals surface area contributed by atoms with Gasteiger partial charge in [-0.05, 0) is 60.2 Å². The van der Waals surface area contributed by atoms with Crippen molar-refractivity contribution < 1.29 is 14.3 Å². The number of hydrogen-bond acceptors (Lipinski definition) is 4. The first-order chi connectivity index (χ1) is 15.0. The van der Waals surface area contributed by atoms with Gasteiger partial charge in [0.25, 0.3) is 5.91 Å². The van der Waals surface area contributed by atoms with E-state index in [-0.39, 0.29) is 17.5 Å². The molecule has 2 aromatic carbocycles. The fourth-order valence-electron chi connectivity index (χ4n) is 3.73. The van der Waals surface area contributed by atoms with Gasteiger partial charge in [0.05, 0.1) is 7.11 Å². The lowest BCUT2D eigenvalue weighted by molar-refractivity contribution is -0.118. The molecule has 0 bridgehead atoms. The van der Waals surface area contributed by atoms with Gasteiger partial charge in [-0.2, -0.15) is 5.26 Å². The molecule has 0 saturated heterocycles. The Hall–Kier alpha value is -2.97. The lowest BCUT2D eigenvalue weighted by atomic mass is 9.86. The molecule has 1 N–H and O–H groups in total. The maximum atomic E-state index is 12.6. The number of carbonyl (C=O) groups is 1. The molecule has 1 amide bonds. The number of rotatable bonds is 7. The summed E-state index contributed by atoms with van der Waals surface area (Å²) in [7, 11) is 1.56. The summed E-state index contributed by atoms with van der Waals surface area (Å²) in [5, 5.41) is 13.2. The van der Waals surface area contributed by atoms with Gasteiger partial charge in [-0.1, -0.05) is 49.6 Å². The molecule has 162 valence electrons. The van der Waals surface area contributed by atoms with Gasteiger partial charge in [-0.25, -0.2) is 0 Å². The van der Waals surface area contributed by atoms with Crippen LogP contribution in [0.25, 0.3) is 6.08 Å². The number of nitrogens with one attached hydrogen (secondary N) is 1. The Morgan fingerprint density at radius 2 is 1.94 bits per heavy atom. The summed E-state index contributed by atoms with van der Waals surface area (Å²) < 4.78 is 11.3. The van der Waals surface area contributed by atoms with Crippen LogP contribution < -0.4 is 14.8 Å². The highest BCUT2D eigenvalue weighted by Gasteiger charge is 2.24. The molecular formula is C25H27ClN2O3.